The van der Waals surface area contributed by atoms with Gasteiger partial charge in [-0.15, -0.1) is 0 Å². The minimum Gasteiger partial charge on any atom is -0.345 e. The van der Waals surface area contributed by atoms with Crippen molar-refractivity contribution in [2.24, 2.45) is 0 Å². The number of aromatic nitrogens is 2. The van der Waals surface area contributed by atoms with E-state index in [4.69, 9.17) is 0 Å². The maximum atomic E-state index is 4.18. The Hall–Kier alpha value is -0.870. The number of hydrogen-bond donors (Lipinski definition) is 2. The Morgan fingerprint density at radius 3 is 2.41 bits per heavy atom. The molecule has 0 fully saturated rings. The lowest BCUT2D eigenvalue weighted by atomic mass is 10.2. The van der Waals surface area contributed by atoms with Gasteiger partial charge >= 0.3 is 0 Å². The molecule has 1 aromatic heterocycles. The molecule has 0 radical (unpaired) electrons. The van der Waals surface area contributed by atoms with Crippen molar-refractivity contribution in [2.45, 2.75) is 53.2 Å². The highest BCUT2D eigenvalue weighted by Gasteiger charge is 2.11. The van der Waals surface area contributed by atoms with E-state index in [0.717, 1.165) is 31.2 Å². The van der Waals surface area contributed by atoms with Crippen LogP contribution in [0.3, 0.4) is 0 Å². The number of rotatable bonds is 7. The molecule has 2 N–H and O–H groups in total. The maximum Gasteiger partial charge on any atom is 0.103 e. The van der Waals surface area contributed by atoms with Crippen LogP contribution in [0.15, 0.2) is 6.20 Å². The molecule has 0 unspecified atom stereocenters. The minimum absolute atomic E-state index is 0.603. The topological polar surface area (TPSA) is 44.0 Å². The Kier molecular flexibility index (Phi) is 5.65. The van der Waals surface area contributed by atoms with Gasteiger partial charge in [-0.2, -0.15) is 0 Å². The second kappa shape index (κ2) is 6.77. The first-order chi connectivity index (χ1) is 8.00. The van der Waals surface area contributed by atoms with Crippen LogP contribution in [0.2, 0.25) is 0 Å². The number of imidazole rings is 1. The van der Waals surface area contributed by atoms with Crippen LogP contribution in [0.4, 0.5) is 0 Å². The van der Waals surface area contributed by atoms with Crippen LogP contribution in [0, 0.1) is 6.92 Å². The first-order valence-electron chi connectivity index (χ1n) is 6.47. The summed E-state index contributed by atoms with van der Waals surface area (Å²) in [5, 5.41) is 3.44. The molecule has 0 spiro atoms. The van der Waals surface area contributed by atoms with Gasteiger partial charge in [0.2, 0.25) is 0 Å². The predicted octanol–water partition coefficient (Wildman–Crippen LogP) is 1.93. The molecule has 0 aromatic carbocycles. The Balaban J connectivity index is 2.23. The van der Waals surface area contributed by atoms with Crippen LogP contribution >= 0.6 is 0 Å². The monoisotopic (exact) mass is 238 g/mol. The zero-order valence-electron chi connectivity index (χ0n) is 11.7. The molecule has 4 heteroatoms. The summed E-state index contributed by atoms with van der Waals surface area (Å²) in [7, 11) is 0. The first-order valence-corrected chi connectivity index (χ1v) is 6.47. The number of nitrogens with one attached hydrogen (secondary N) is 2. The Morgan fingerprint density at radius 1 is 1.29 bits per heavy atom. The van der Waals surface area contributed by atoms with E-state index >= 15 is 0 Å². The van der Waals surface area contributed by atoms with Crippen molar-refractivity contribution in [1.82, 2.24) is 20.2 Å². The molecule has 0 aliphatic rings. The van der Waals surface area contributed by atoms with E-state index in [9.17, 15) is 0 Å². The first kappa shape index (κ1) is 14.2. The van der Waals surface area contributed by atoms with Crippen LogP contribution in [0.5, 0.6) is 0 Å². The summed E-state index contributed by atoms with van der Waals surface area (Å²) < 4.78 is 0. The van der Waals surface area contributed by atoms with Crippen LogP contribution in [0.25, 0.3) is 0 Å². The molecule has 4 nitrogen and oxygen atoms in total. The molecule has 1 aromatic rings. The fourth-order valence-electron chi connectivity index (χ4n) is 2.11. The highest BCUT2D eigenvalue weighted by molar-refractivity contribution is 4.99. The molecule has 98 valence electrons. The predicted molar refractivity (Wildman–Crippen MR) is 72.0 cm³/mol. The molecule has 0 aliphatic heterocycles. The van der Waals surface area contributed by atoms with Crippen LogP contribution in [-0.2, 0) is 6.54 Å². The van der Waals surface area contributed by atoms with Crippen LogP contribution < -0.4 is 5.32 Å². The van der Waals surface area contributed by atoms with Gasteiger partial charge in [-0.3, -0.25) is 4.90 Å². The molecule has 0 saturated carbocycles. The lowest BCUT2D eigenvalue weighted by Crippen LogP contribution is -2.41. The van der Waals surface area contributed by atoms with Crippen molar-refractivity contribution in [2.75, 3.05) is 13.1 Å². The van der Waals surface area contributed by atoms with Gasteiger partial charge in [0.25, 0.3) is 0 Å². The van der Waals surface area contributed by atoms with E-state index in [1.165, 1.54) is 0 Å². The summed E-state index contributed by atoms with van der Waals surface area (Å²) in [6.45, 7) is 13.9. The number of aryl methyl sites for hydroxylation is 1. The largest absolute Gasteiger partial charge is 0.345 e. The molecule has 1 heterocycles. The molecule has 0 saturated heterocycles. The fourth-order valence-corrected chi connectivity index (χ4v) is 2.11. The quantitative estimate of drug-likeness (QED) is 0.713. The van der Waals surface area contributed by atoms with E-state index in [1.807, 2.05) is 13.1 Å². The normalized spacial score (nSPS) is 12.0. The molecule has 0 bridgehead atoms. The average molecular weight is 238 g/mol. The molecular weight excluding hydrogens is 212 g/mol. The number of nitrogens with zero attached hydrogens (tertiary/aromatic N) is 2. The van der Waals surface area contributed by atoms with Gasteiger partial charge in [-0.1, -0.05) is 0 Å². The summed E-state index contributed by atoms with van der Waals surface area (Å²) in [4.78, 5) is 9.89. The Labute approximate surface area is 105 Å². The smallest absolute Gasteiger partial charge is 0.103 e. The van der Waals surface area contributed by atoms with Gasteiger partial charge in [-0.05, 0) is 34.6 Å². The summed E-state index contributed by atoms with van der Waals surface area (Å²) in [6.07, 6.45) is 1.89. The van der Waals surface area contributed by atoms with E-state index in [2.05, 4.69) is 47.9 Å². The Morgan fingerprint density at radius 2 is 1.94 bits per heavy atom. The van der Waals surface area contributed by atoms with Gasteiger partial charge in [0.1, 0.15) is 5.82 Å². The van der Waals surface area contributed by atoms with Gasteiger partial charge in [0, 0.05) is 43.6 Å². The van der Waals surface area contributed by atoms with Gasteiger partial charge in [0.15, 0.2) is 0 Å². The zero-order chi connectivity index (χ0) is 12.8. The summed E-state index contributed by atoms with van der Waals surface area (Å²) in [6, 6.07) is 1.21. The van der Waals surface area contributed by atoms with Crippen LogP contribution in [0.1, 0.15) is 39.2 Å². The van der Waals surface area contributed by atoms with E-state index in [-0.39, 0.29) is 0 Å². The number of H-pyrrole nitrogens is 1. The van der Waals surface area contributed by atoms with Crippen molar-refractivity contribution in [1.29, 1.82) is 0 Å². The van der Waals surface area contributed by atoms with Crippen LogP contribution in [-0.4, -0.2) is 40.0 Å². The average Bonchev–Trinajstić information content (AvgIpc) is 2.62. The van der Waals surface area contributed by atoms with Crippen molar-refractivity contribution in [3.63, 3.8) is 0 Å². The van der Waals surface area contributed by atoms with Gasteiger partial charge in [0.05, 0.1) is 0 Å². The number of aromatic amines is 1. The van der Waals surface area contributed by atoms with E-state index in [1.54, 1.807) is 0 Å². The Bertz CT molecular complexity index is 309. The van der Waals surface area contributed by atoms with E-state index < -0.39 is 0 Å². The fraction of sp³-hybridized carbons (Fsp3) is 0.769. The molecule has 0 amide bonds. The summed E-state index contributed by atoms with van der Waals surface area (Å²) in [5.41, 5.74) is 1.16. The second-order valence-electron chi connectivity index (χ2n) is 5.10. The highest BCUT2D eigenvalue weighted by Crippen LogP contribution is 2.03. The third-order valence-corrected chi connectivity index (χ3v) is 2.94. The van der Waals surface area contributed by atoms with Crippen molar-refractivity contribution in [3.05, 3.63) is 17.7 Å². The lowest BCUT2D eigenvalue weighted by molar-refractivity contribution is 0.175. The summed E-state index contributed by atoms with van der Waals surface area (Å²) >= 11 is 0. The summed E-state index contributed by atoms with van der Waals surface area (Å²) in [5.74, 6) is 0.979. The molecule has 0 atom stereocenters. The molecule has 17 heavy (non-hydrogen) atoms. The van der Waals surface area contributed by atoms with Gasteiger partial charge in [-0.25, -0.2) is 4.98 Å². The zero-order valence-corrected chi connectivity index (χ0v) is 11.7. The standard InChI is InChI=1S/C13H26N4/c1-10(2)17(11(3)4)7-6-14-8-13-9-15-12(5)16-13/h9-11,14H,6-8H2,1-5H3,(H,15,16). The van der Waals surface area contributed by atoms with E-state index in [0.29, 0.717) is 12.1 Å². The second-order valence-corrected chi connectivity index (χ2v) is 5.10. The SMILES string of the molecule is Cc1ncc(CNCCN(C(C)C)C(C)C)[nH]1. The lowest BCUT2D eigenvalue weighted by Gasteiger charge is -2.30. The highest BCUT2D eigenvalue weighted by atomic mass is 15.2. The van der Waals surface area contributed by atoms with Crippen molar-refractivity contribution < 1.29 is 0 Å². The minimum atomic E-state index is 0.603. The molecule has 1 rings (SSSR count). The third kappa shape index (κ3) is 4.88. The third-order valence-electron chi connectivity index (χ3n) is 2.94. The van der Waals surface area contributed by atoms with Crippen molar-refractivity contribution >= 4 is 0 Å². The molecular formula is C13H26N4. The van der Waals surface area contributed by atoms with Gasteiger partial charge < -0.3 is 10.3 Å². The molecule has 0 aliphatic carbocycles. The maximum absolute atomic E-state index is 4.18. The van der Waals surface area contributed by atoms with Crippen molar-refractivity contribution in [3.8, 4) is 0 Å². The number of hydrogen-bond acceptors (Lipinski definition) is 3.